The van der Waals surface area contributed by atoms with Crippen LogP contribution < -0.4 is 5.32 Å². The molecule has 0 aliphatic heterocycles. The van der Waals surface area contributed by atoms with E-state index in [-0.39, 0.29) is 32.7 Å². The highest BCUT2D eigenvalue weighted by Gasteiger charge is 2.30. The van der Waals surface area contributed by atoms with Crippen molar-refractivity contribution in [3.63, 3.8) is 0 Å². The number of nitrogens with one attached hydrogen (secondary N) is 1. The average molecular weight is 582 g/mol. The third-order valence-corrected chi connectivity index (χ3v) is 5.37. The molecule has 1 aromatic carbocycles. The van der Waals surface area contributed by atoms with Crippen molar-refractivity contribution >= 4 is 35.8 Å². The topological polar surface area (TPSA) is 170 Å². The first-order valence-electron chi connectivity index (χ1n) is 13.1. The zero-order valence-electron chi connectivity index (χ0n) is 24.2. The third-order valence-electron chi connectivity index (χ3n) is 5.37. The largest absolute Gasteiger partial charge is 0.464 e. The molecule has 0 radical (unpaired) electrons. The van der Waals surface area contributed by atoms with Gasteiger partial charge in [0, 0.05) is 13.5 Å². The Morgan fingerprint density at radius 2 is 1.24 bits per heavy atom. The zero-order chi connectivity index (χ0) is 30.9. The fourth-order valence-corrected chi connectivity index (χ4v) is 2.98. The molecule has 0 saturated heterocycles. The fraction of sp³-hybridized carbons (Fsp3) is 0.571. The number of carbonyl (C=O) groups excluding carboxylic acids is 6. The van der Waals surface area contributed by atoms with Crippen molar-refractivity contribution in [2.24, 2.45) is 5.92 Å². The van der Waals surface area contributed by atoms with Crippen molar-refractivity contribution in [1.82, 2.24) is 5.32 Å². The predicted octanol–water partition coefficient (Wildman–Crippen LogP) is 1.29. The summed E-state index contributed by atoms with van der Waals surface area (Å²) in [6, 6.07) is 7.63. The number of benzene rings is 1. The van der Waals surface area contributed by atoms with E-state index in [1.807, 2.05) is 0 Å². The van der Waals surface area contributed by atoms with Crippen LogP contribution in [0.3, 0.4) is 0 Å². The minimum atomic E-state index is -1.41. The van der Waals surface area contributed by atoms with Gasteiger partial charge >= 0.3 is 29.8 Å². The van der Waals surface area contributed by atoms with Gasteiger partial charge in [-0.15, -0.1) is 0 Å². The second-order valence-corrected chi connectivity index (χ2v) is 9.27. The van der Waals surface area contributed by atoms with Crippen molar-refractivity contribution in [3.05, 3.63) is 35.9 Å². The van der Waals surface area contributed by atoms with Crippen LogP contribution in [0, 0.1) is 5.92 Å². The summed E-state index contributed by atoms with van der Waals surface area (Å²) >= 11 is 0. The van der Waals surface area contributed by atoms with E-state index in [0.29, 0.717) is 5.56 Å². The molecule has 13 heteroatoms. The molecule has 41 heavy (non-hydrogen) atoms. The normalized spacial score (nSPS) is 13.6. The molecule has 0 heterocycles. The monoisotopic (exact) mass is 581 g/mol. The van der Waals surface area contributed by atoms with Gasteiger partial charge in [-0.3, -0.25) is 14.4 Å². The van der Waals surface area contributed by atoms with E-state index in [4.69, 9.17) is 28.4 Å². The maximum Gasteiger partial charge on any atom is 0.347 e. The number of esters is 5. The smallest absolute Gasteiger partial charge is 0.347 e. The van der Waals surface area contributed by atoms with Crippen LogP contribution >= 0.6 is 0 Å². The molecule has 0 aliphatic carbocycles. The molecular formula is C28H39NO12. The quantitative estimate of drug-likeness (QED) is 0.159. The number of amides is 1. The Hall–Kier alpha value is -4.00. The van der Waals surface area contributed by atoms with Gasteiger partial charge in [0.05, 0.1) is 18.9 Å². The lowest BCUT2D eigenvalue weighted by Crippen LogP contribution is -2.48. The summed E-state index contributed by atoms with van der Waals surface area (Å²) in [5.41, 5.74) is 0.714. The number of methoxy groups -OCH3 is 1. The molecule has 228 valence electrons. The molecule has 0 fully saturated rings. The molecule has 0 spiro atoms. The van der Waals surface area contributed by atoms with Gasteiger partial charge in [-0.25, -0.2) is 14.4 Å². The predicted molar refractivity (Wildman–Crippen MR) is 142 cm³/mol. The van der Waals surface area contributed by atoms with E-state index in [9.17, 15) is 28.8 Å². The summed E-state index contributed by atoms with van der Waals surface area (Å²) in [6.07, 6.45) is -4.17. The molecule has 4 atom stereocenters. The van der Waals surface area contributed by atoms with Crippen molar-refractivity contribution in [3.8, 4) is 0 Å². The van der Waals surface area contributed by atoms with Crippen molar-refractivity contribution in [1.29, 1.82) is 0 Å². The van der Waals surface area contributed by atoms with Crippen molar-refractivity contribution in [2.75, 3.05) is 26.9 Å². The van der Waals surface area contributed by atoms with Crippen LogP contribution in [-0.4, -0.2) is 87.0 Å². The molecule has 4 unspecified atom stereocenters. The van der Waals surface area contributed by atoms with Crippen LogP contribution in [0.15, 0.2) is 30.3 Å². The van der Waals surface area contributed by atoms with E-state index in [0.717, 1.165) is 0 Å². The maximum atomic E-state index is 12.8. The number of hydrogen-bond acceptors (Lipinski definition) is 12. The molecule has 13 nitrogen and oxygen atoms in total. The van der Waals surface area contributed by atoms with Crippen molar-refractivity contribution < 1.29 is 57.2 Å². The summed E-state index contributed by atoms with van der Waals surface area (Å²) < 4.78 is 29.9. The summed E-state index contributed by atoms with van der Waals surface area (Å²) in [4.78, 5) is 73.5. The lowest BCUT2D eigenvalue weighted by atomic mass is 10.1. The first-order chi connectivity index (χ1) is 19.3. The Labute approximate surface area is 239 Å². The van der Waals surface area contributed by atoms with Crippen LogP contribution in [0.4, 0.5) is 0 Å². The molecular weight excluding hydrogens is 542 g/mol. The second-order valence-electron chi connectivity index (χ2n) is 9.27. The molecule has 1 amide bonds. The van der Waals surface area contributed by atoms with Gasteiger partial charge in [0.1, 0.15) is 19.3 Å². The Bertz CT molecular complexity index is 1030. The molecule has 1 N–H and O–H groups in total. The molecule has 0 saturated carbocycles. The fourth-order valence-electron chi connectivity index (χ4n) is 2.98. The Morgan fingerprint density at radius 3 is 1.80 bits per heavy atom. The lowest BCUT2D eigenvalue weighted by Gasteiger charge is -2.22. The van der Waals surface area contributed by atoms with Gasteiger partial charge in [0.2, 0.25) is 0 Å². The van der Waals surface area contributed by atoms with Crippen LogP contribution in [0.25, 0.3) is 0 Å². The minimum absolute atomic E-state index is 0.0609. The van der Waals surface area contributed by atoms with E-state index < -0.39 is 66.0 Å². The summed E-state index contributed by atoms with van der Waals surface area (Å²) in [6.45, 7) is 7.02. The Morgan fingerprint density at radius 1 is 0.683 bits per heavy atom. The van der Waals surface area contributed by atoms with Crippen LogP contribution in [-0.2, 0) is 63.6 Å². The van der Waals surface area contributed by atoms with Gasteiger partial charge in [0.25, 0.3) is 5.91 Å². The minimum Gasteiger partial charge on any atom is -0.464 e. The first-order valence-corrected chi connectivity index (χ1v) is 13.1. The van der Waals surface area contributed by atoms with E-state index >= 15 is 0 Å². The van der Waals surface area contributed by atoms with E-state index in [2.05, 4.69) is 5.32 Å². The highest BCUT2D eigenvalue weighted by atomic mass is 16.6. The molecule has 0 aromatic heterocycles. The third kappa shape index (κ3) is 13.8. The number of hydrogen-bond donors (Lipinski definition) is 1. The lowest BCUT2D eigenvalue weighted by molar-refractivity contribution is -0.180. The summed E-state index contributed by atoms with van der Waals surface area (Å²) in [5.74, 6) is -5.27. The van der Waals surface area contributed by atoms with Crippen LogP contribution in [0.2, 0.25) is 0 Å². The molecule has 0 bridgehead atoms. The average Bonchev–Trinajstić information content (AvgIpc) is 2.92. The SMILES string of the molecule is COCCOC(=O)CCOC(=O)C(Cc1ccccc1)NC(=O)C(C)OC(=O)C(C)OC(=O)C(C)OC(=O)C(C)C. The van der Waals surface area contributed by atoms with Gasteiger partial charge in [-0.2, -0.15) is 0 Å². The first kappa shape index (κ1) is 35.0. The van der Waals surface area contributed by atoms with E-state index in [1.165, 1.54) is 27.9 Å². The van der Waals surface area contributed by atoms with Crippen LogP contribution in [0.1, 0.15) is 46.6 Å². The summed E-state index contributed by atoms with van der Waals surface area (Å²) in [7, 11) is 1.46. The van der Waals surface area contributed by atoms with Gasteiger partial charge in [-0.05, 0) is 26.3 Å². The van der Waals surface area contributed by atoms with Crippen LogP contribution in [0.5, 0.6) is 0 Å². The number of carbonyl (C=O) groups is 6. The van der Waals surface area contributed by atoms with E-state index in [1.54, 1.807) is 44.2 Å². The van der Waals surface area contributed by atoms with Gasteiger partial charge in [-0.1, -0.05) is 44.2 Å². The highest BCUT2D eigenvalue weighted by molar-refractivity contribution is 5.89. The Balaban J connectivity index is 2.72. The molecule has 1 rings (SSSR count). The molecule has 0 aliphatic rings. The zero-order valence-corrected chi connectivity index (χ0v) is 24.2. The van der Waals surface area contributed by atoms with Gasteiger partial charge in [0.15, 0.2) is 18.3 Å². The molecule has 1 aromatic rings. The van der Waals surface area contributed by atoms with Gasteiger partial charge < -0.3 is 33.7 Å². The standard InChI is InChI=1S/C28H39NO12/c1-17(2)25(32)40-19(4)27(34)41-20(5)26(33)39-18(3)24(31)29-22(16-21-10-8-7-9-11-21)28(35)38-13-12-23(30)37-15-14-36-6/h7-11,17-20,22H,12-16H2,1-6H3,(H,29,31). The van der Waals surface area contributed by atoms with Crippen molar-refractivity contribution in [2.45, 2.75) is 71.8 Å². The summed E-state index contributed by atoms with van der Waals surface area (Å²) in [5, 5.41) is 2.49. The Kier molecular flexibility index (Phi) is 15.7. The second kappa shape index (κ2) is 18.4. The maximum absolute atomic E-state index is 12.8. The number of rotatable bonds is 17. The number of ether oxygens (including phenoxy) is 6. The highest BCUT2D eigenvalue weighted by Crippen LogP contribution is 2.09.